The van der Waals surface area contributed by atoms with Crippen molar-refractivity contribution in [2.45, 2.75) is 200 Å². The Morgan fingerprint density at radius 1 is 0.352 bits per heavy atom. The summed E-state index contributed by atoms with van der Waals surface area (Å²) in [6.45, 7) is 50.7. The molecule has 0 radical (unpaired) electrons. The molecule has 10 nitrogen and oxygen atoms in total. The van der Waals surface area contributed by atoms with Gasteiger partial charge in [0.2, 0.25) is 0 Å². The Balaban J connectivity index is 0.000000110. The summed E-state index contributed by atoms with van der Waals surface area (Å²) in [5, 5.41) is 18.8. The molecule has 0 bridgehead atoms. The van der Waals surface area contributed by atoms with E-state index in [-0.39, 0.29) is 10.8 Å². The number of fused-ring (bicyclic) bond motifs is 24. The minimum absolute atomic E-state index is 0.0504. The summed E-state index contributed by atoms with van der Waals surface area (Å²) in [5.41, 5.74) is 37.9. The van der Waals surface area contributed by atoms with Crippen LogP contribution >= 0.6 is 11.3 Å². The number of aromatic nitrogens is 10. The predicted octanol–water partition coefficient (Wildman–Crippen LogP) is 31.3. The van der Waals surface area contributed by atoms with Gasteiger partial charge in [0.25, 0.3) is 28.4 Å². The van der Waals surface area contributed by atoms with Gasteiger partial charge in [0, 0.05) is 109 Å². The quantitative estimate of drug-likeness (QED) is 0.0816. The minimum atomic E-state index is 0.0504. The molecule has 0 aliphatic carbocycles. The third-order valence-electron chi connectivity index (χ3n) is 31.4. The molecule has 13 aromatic carbocycles. The van der Waals surface area contributed by atoms with Crippen LogP contribution in [0.2, 0.25) is 0 Å². The van der Waals surface area contributed by atoms with Crippen LogP contribution in [0.25, 0.3) is 169 Å². The molecule has 0 atom stereocenters. The number of para-hydroxylation sites is 4. The second kappa shape index (κ2) is 37.2. The maximum Gasteiger partial charge on any atom is 0.295 e. The highest BCUT2D eigenvalue weighted by Gasteiger charge is 2.51. The van der Waals surface area contributed by atoms with Crippen molar-refractivity contribution in [1.82, 2.24) is 22.3 Å². The Morgan fingerprint density at radius 2 is 0.775 bits per heavy atom. The largest absolute Gasteiger partial charge is 0.295 e. The topological polar surface area (TPSA) is 42.7 Å². The summed E-state index contributed by atoms with van der Waals surface area (Å²) in [6.07, 6.45) is 17.0. The fraction of sp³-hybridized carbons (Fsp3) is 0.290. The summed E-state index contributed by atoms with van der Waals surface area (Å²) in [5.74, 6) is 4.35. The van der Waals surface area contributed by atoms with Gasteiger partial charge in [-0.2, -0.15) is 22.2 Å². The Kier molecular flexibility index (Phi) is 25.1. The highest BCUT2D eigenvalue weighted by molar-refractivity contribution is 7.26. The molecule has 24 rings (SSSR count). The van der Waals surface area contributed by atoms with Gasteiger partial charge in [0.1, 0.15) is 70.6 Å². The molecule has 0 fully saturated rings. The molecule has 142 heavy (non-hydrogen) atoms. The monoisotopic (exact) mass is 1890 g/mol. The van der Waals surface area contributed by atoms with Crippen LogP contribution in [0.1, 0.15) is 207 Å². The molecule has 11 heterocycles. The van der Waals surface area contributed by atoms with E-state index in [9.17, 15) is 0 Å². The van der Waals surface area contributed by atoms with Gasteiger partial charge in [-0.1, -0.05) is 329 Å². The van der Waals surface area contributed by atoms with Crippen molar-refractivity contribution in [3.63, 3.8) is 0 Å². The van der Waals surface area contributed by atoms with Gasteiger partial charge in [0.15, 0.2) is 17.1 Å². The van der Waals surface area contributed by atoms with E-state index in [1.165, 1.54) is 247 Å². The van der Waals surface area contributed by atoms with Crippen LogP contribution in [-0.4, -0.2) is 22.3 Å². The fourth-order valence-electron chi connectivity index (χ4n) is 24.0. The van der Waals surface area contributed by atoms with E-state index in [0.717, 1.165) is 19.3 Å². The molecular formula is C131H141N10S+5. The molecule has 0 saturated carbocycles. The zero-order chi connectivity index (χ0) is 100.0. The van der Waals surface area contributed by atoms with E-state index < -0.39 is 0 Å². The molecule has 23 aromatic rings. The number of imidazole rings is 5. The molecule has 0 amide bonds. The number of benzene rings is 13. The maximum atomic E-state index is 2.53. The Bertz CT molecular complexity index is 8950. The normalized spacial score (nSPS) is 13.0. The Hall–Kier alpha value is -13.9. The SMILES string of the molecule is Cc1cccc2c3cccc4c3n3c(c[n+](C)c3c12)C(C)(C)C4(C)C.Cc1cccc2c3ccccc3[n+]3cc(C)n(C)c3c12.Cc1cccc2c3ccccc3n3c(-c4c(CC(C)C)cccc4C(C)C)c[n+](C)c3c12.Cc1cccc2c3ccccc3n3c(-c4c(CC(C)C)cccc4CC(C)C)c[n+](C)c3c12.Cc1ccccc1-c1n(-c2c(C(C)C)cc3c(sc4ccccc43)c2C(C)C)cc[n+]1C. The summed E-state index contributed by atoms with van der Waals surface area (Å²) >= 11 is 1.94. The van der Waals surface area contributed by atoms with E-state index in [4.69, 9.17) is 0 Å². The van der Waals surface area contributed by atoms with E-state index >= 15 is 0 Å². The number of thiophene rings is 1. The van der Waals surface area contributed by atoms with E-state index in [1.54, 1.807) is 0 Å². The first kappa shape index (κ1) is 95.7. The van der Waals surface area contributed by atoms with Crippen LogP contribution in [0.5, 0.6) is 0 Å². The first-order valence-corrected chi connectivity index (χ1v) is 52.5. The average Bonchev–Trinajstić information content (AvgIpc) is 1.54. The third-order valence-corrected chi connectivity index (χ3v) is 32.6. The summed E-state index contributed by atoms with van der Waals surface area (Å²) in [4.78, 5) is 0. The number of hydrogen-bond donors (Lipinski definition) is 0. The van der Waals surface area contributed by atoms with Crippen LogP contribution in [0.3, 0.4) is 0 Å². The third kappa shape index (κ3) is 15.8. The zero-order valence-electron chi connectivity index (χ0n) is 88.7. The van der Waals surface area contributed by atoms with Crippen molar-refractivity contribution >= 4 is 141 Å². The van der Waals surface area contributed by atoms with E-state index in [0.29, 0.717) is 35.5 Å². The number of hydrogen-bond acceptors (Lipinski definition) is 1. The summed E-state index contributed by atoms with van der Waals surface area (Å²) < 4.78 is 26.6. The first-order chi connectivity index (χ1) is 68.1. The van der Waals surface area contributed by atoms with Crippen LogP contribution in [0.15, 0.2) is 292 Å². The van der Waals surface area contributed by atoms with Crippen molar-refractivity contribution in [2.75, 3.05) is 0 Å². The smallest absolute Gasteiger partial charge is 0.232 e. The minimum Gasteiger partial charge on any atom is -0.232 e. The zero-order valence-corrected chi connectivity index (χ0v) is 89.5. The first-order valence-electron chi connectivity index (χ1n) is 51.7. The van der Waals surface area contributed by atoms with Gasteiger partial charge >= 0.3 is 0 Å². The molecule has 11 heteroatoms. The highest BCUT2D eigenvalue weighted by atomic mass is 32.1. The van der Waals surface area contributed by atoms with Gasteiger partial charge in [-0.3, -0.25) is 0 Å². The fourth-order valence-corrected chi connectivity index (χ4v) is 25.4. The van der Waals surface area contributed by atoms with Crippen molar-refractivity contribution in [2.24, 2.45) is 53.0 Å². The average molecular weight is 1890 g/mol. The summed E-state index contributed by atoms with van der Waals surface area (Å²) in [6, 6.07) is 93.7. The van der Waals surface area contributed by atoms with Crippen molar-refractivity contribution < 1.29 is 22.7 Å². The molecule has 10 aromatic heterocycles. The van der Waals surface area contributed by atoms with Crippen LogP contribution in [0.4, 0.5) is 0 Å². The second-order valence-corrected chi connectivity index (χ2v) is 45.1. The highest BCUT2D eigenvalue weighted by Crippen LogP contribution is 2.53. The molecule has 1 aliphatic rings. The second-order valence-electron chi connectivity index (χ2n) is 44.1. The molecule has 0 N–H and O–H groups in total. The van der Waals surface area contributed by atoms with Gasteiger partial charge < -0.3 is 0 Å². The summed E-state index contributed by atoms with van der Waals surface area (Å²) in [7, 11) is 10.9. The van der Waals surface area contributed by atoms with Gasteiger partial charge in [-0.15, -0.1) is 11.3 Å². The maximum absolute atomic E-state index is 2.53. The lowest BCUT2D eigenvalue weighted by Gasteiger charge is -2.42. The number of pyridine rings is 4. The number of nitrogens with zero attached hydrogens (tertiary/aromatic N) is 10. The predicted molar refractivity (Wildman–Crippen MR) is 603 cm³/mol. The molecule has 0 unspecified atom stereocenters. The Labute approximate surface area is 842 Å². The number of aryl methyl sites for hydroxylation is 11. The number of rotatable bonds is 13. The van der Waals surface area contributed by atoms with E-state index in [2.05, 4.69) is 525 Å². The standard InChI is InChI=1S/C31H35N2.C30H33N2.C29H31N2S.C23H25N2.C18H17N2/c1-20(2)17-23-12-10-13-24(18-21(3)4)30(23)28-19-32(6)31-29-22(5)11-9-15-26(29)25-14-7-8-16-27(25)33(28)31;1-19(2)17-22-12-10-14-23(20(3)4)29(22)27-18-31(6)30-28-21(5)11-9-15-25(28)24-13-7-8-16-26(24)32(27)30;1-18(2)23-17-24-22-13-9-10-14-25(22)32-28(24)26(19(3)4)27(23)31-16-15-30(6)29(31)21-12-8-7-11-20(21)5;1-14-9-7-10-15-16-11-8-12-17-20(16)25-18(23(4,5)22(17,2)3)13-24(6)21(25)19(14)15;1-12-7-6-9-15-14-8-4-5-10-16(14)20-11-13(2)19(3)18(20)17(12)15/h7-16,19-21H,17-18H2,1-6H3;7-16,18-20H,17H2,1-6H3;7-19H,1-6H3;7-13H,1-6H3;4-11H,1-3H3/q5*+1. The molecular weight excluding hydrogens is 1750 g/mol. The van der Waals surface area contributed by atoms with Crippen LogP contribution < -0.4 is 22.7 Å². The van der Waals surface area contributed by atoms with Gasteiger partial charge in [-0.25, -0.2) is 22.8 Å². The lowest BCUT2D eigenvalue weighted by atomic mass is 9.61. The van der Waals surface area contributed by atoms with Crippen molar-refractivity contribution in [3.8, 4) is 39.6 Å². The molecule has 0 saturated heterocycles. The Morgan fingerprint density at radius 3 is 1.31 bits per heavy atom. The molecule has 0 spiro atoms. The molecule has 716 valence electrons. The lowest BCUT2D eigenvalue weighted by molar-refractivity contribution is -0.659. The molecule has 1 aliphatic heterocycles. The van der Waals surface area contributed by atoms with Crippen LogP contribution in [0, 0.1) is 59.3 Å². The van der Waals surface area contributed by atoms with E-state index in [1.807, 2.05) is 11.3 Å². The lowest BCUT2D eigenvalue weighted by Crippen LogP contribution is -2.44. The van der Waals surface area contributed by atoms with Gasteiger partial charge in [-0.05, 0) is 176 Å². The van der Waals surface area contributed by atoms with Crippen molar-refractivity contribution in [1.29, 1.82) is 0 Å². The van der Waals surface area contributed by atoms with Crippen LogP contribution in [-0.2, 0) is 65.3 Å². The van der Waals surface area contributed by atoms with Crippen molar-refractivity contribution in [3.05, 3.63) is 370 Å². The van der Waals surface area contributed by atoms with Gasteiger partial charge in [0.05, 0.1) is 62.3 Å².